The maximum atomic E-state index is 8.53. The van der Waals surface area contributed by atoms with Gasteiger partial charge in [0.15, 0.2) is 0 Å². The van der Waals surface area contributed by atoms with Gasteiger partial charge in [0.2, 0.25) is 0 Å². The lowest BCUT2D eigenvalue weighted by Gasteiger charge is -1.89. The Morgan fingerprint density at radius 3 is 3.00 bits per heavy atom. The van der Waals surface area contributed by atoms with Gasteiger partial charge in [0.05, 0.1) is 12.5 Å². The summed E-state index contributed by atoms with van der Waals surface area (Å²) in [6.07, 6.45) is 2.37. The summed E-state index contributed by atoms with van der Waals surface area (Å²) in [6, 6.07) is 10.1. The second-order valence-electron chi connectivity index (χ2n) is 2.69. The number of nitrogens with zero attached hydrogens (tertiary/aromatic N) is 1. The van der Waals surface area contributed by atoms with Gasteiger partial charge < -0.3 is 4.98 Å². The van der Waals surface area contributed by atoms with Gasteiger partial charge in [0, 0.05) is 17.1 Å². The van der Waals surface area contributed by atoms with Crippen LogP contribution in [0, 0.1) is 11.3 Å². The summed E-state index contributed by atoms with van der Waals surface area (Å²) in [5.41, 5.74) is 2.18. The van der Waals surface area contributed by atoms with Crippen LogP contribution in [-0.2, 0) is 6.42 Å². The summed E-state index contributed by atoms with van der Waals surface area (Å²) in [7, 11) is 0. The number of aromatic nitrogens is 1. The molecule has 1 N–H and O–H groups in total. The molecule has 0 fully saturated rings. The van der Waals surface area contributed by atoms with E-state index in [2.05, 4.69) is 11.1 Å². The molecule has 0 bridgehead atoms. The fourth-order valence-corrected chi connectivity index (χ4v) is 1.36. The highest BCUT2D eigenvalue weighted by atomic mass is 14.7. The number of nitriles is 1. The van der Waals surface area contributed by atoms with E-state index in [-0.39, 0.29) is 0 Å². The topological polar surface area (TPSA) is 39.6 Å². The van der Waals surface area contributed by atoms with Crippen molar-refractivity contribution in [3.63, 3.8) is 0 Å². The number of fused-ring (bicyclic) bond motifs is 1. The Bertz CT molecular complexity index is 434. The molecule has 0 amide bonds. The Balaban J connectivity index is 2.64. The minimum atomic E-state index is 0.476. The summed E-state index contributed by atoms with van der Waals surface area (Å²) >= 11 is 0. The quantitative estimate of drug-likeness (QED) is 0.633. The first-order valence-electron chi connectivity index (χ1n) is 3.84. The average molecular weight is 157 g/mol. The lowest BCUT2D eigenvalue weighted by Crippen LogP contribution is -1.75. The molecule has 2 nitrogen and oxygen atoms in total. The molecule has 0 unspecified atom stereocenters. The number of aromatic amines is 1. The van der Waals surface area contributed by atoms with Crippen LogP contribution >= 0.6 is 0 Å². The fourth-order valence-electron chi connectivity index (χ4n) is 1.36. The number of para-hydroxylation sites is 1. The highest BCUT2D eigenvalue weighted by Crippen LogP contribution is 2.17. The molecule has 0 aliphatic heterocycles. The number of benzene rings is 1. The van der Waals surface area contributed by atoms with E-state index in [1.807, 2.05) is 30.5 Å². The molecule has 0 aliphatic carbocycles. The monoisotopic (exact) mass is 157 g/mol. The lowest BCUT2D eigenvalue weighted by molar-refractivity contribution is 1.28. The molecule has 0 spiro atoms. The van der Waals surface area contributed by atoms with Crippen molar-refractivity contribution in [1.29, 1.82) is 5.26 Å². The summed E-state index contributed by atoms with van der Waals surface area (Å²) in [6.45, 7) is 0. The van der Waals surface area contributed by atoms with Gasteiger partial charge in [-0.05, 0) is 11.6 Å². The van der Waals surface area contributed by atoms with Crippen molar-refractivity contribution in [3.05, 3.63) is 36.0 Å². The summed E-state index contributed by atoms with van der Waals surface area (Å²) in [5, 5.41) is 9.69. The first-order valence-corrected chi connectivity index (χ1v) is 3.84. The maximum Gasteiger partial charge on any atom is 0.0670 e. The molecule has 2 rings (SSSR count). The fraction of sp³-hybridized carbons (Fsp3) is 0.100. The predicted octanol–water partition coefficient (Wildman–Crippen LogP) is 2.23. The molecule has 0 aliphatic rings. The van der Waals surface area contributed by atoms with Crippen LogP contribution in [0.4, 0.5) is 0 Å². The molecule has 12 heavy (non-hydrogen) atoms. The van der Waals surface area contributed by atoms with E-state index in [1.54, 1.807) is 0 Å². The van der Waals surface area contributed by atoms with E-state index in [1.165, 1.54) is 0 Å². The molecule has 0 saturated heterocycles. The first-order chi connectivity index (χ1) is 5.92. The predicted molar refractivity (Wildman–Crippen MR) is 47.6 cm³/mol. The van der Waals surface area contributed by atoms with Gasteiger partial charge in [-0.2, -0.15) is 5.26 Å². The lowest BCUT2D eigenvalue weighted by atomic mass is 10.2. The number of rotatable bonds is 1. The summed E-state index contributed by atoms with van der Waals surface area (Å²) in [5.74, 6) is 0. The third kappa shape index (κ3) is 0.960. The molecule has 1 heterocycles. The number of H-pyrrole nitrogens is 1. The molecular formula is C10H8N2. The SMILES string of the molecule is N#[13C]Cc1c[nH]c2ccccc12. The van der Waals surface area contributed by atoms with Gasteiger partial charge in [0.25, 0.3) is 0 Å². The minimum Gasteiger partial charge on any atom is -0.361 e. The van der Waals surface area contributed by atoms with Crippen molar-refractivity contribution >= 4 is 10.9 Å². The zero-order valence-corrected chi connectivity index (χ0v) is 6.54. The third-order valence-electron chi connectivity index (χ3n) is 1.94. The Hall–Kier alpha value is -1.75. The smallest absolute Gasteiger partial charge is 0.0670 e. The van der Waals surface area contributed by atoms with Crippen LogP contribution in [0.1, 0.15) is 5.56 Å². The van der Waals surface area contributed by atoms with Gasteiger partial charge in [0.1, 0.15) is 0 Å². The van der Waals surface area contributed by atoms with Crippen molar-refractivity contribution in [3.8, 4) is 6.07 Å². The van der Waals surface area contributed by atoms with Crippen LogP contribution < -0.4 is 0 Å². The van der Waals surface area contributed by atoms with Crippen molar-refractivity contribution < 1.29 is 0 Å². The van der Waals surface area contributed by atoms with E-state index in [0.29, 0.717) is 6.42 Å². The highest BCUT2D eigenvalue weighted by molar-refractivity contribution is 5.83. The number of hydrogen-bond acceptors (Lipinski definition) is 1. The second-order valence-corrected chi connectivity index (χ2v) is 2.69. The second kappa shape index (κ2) is 2.71. The normalized spacial score (nSPS) is 9.92. The average Bonchev–Trinajstić information content (AvgIpc) is 2.50. The van der Waals surface area contributed by atoms with Gasteiger partial charge in [-0.3, -0.25) is 0 Å². The number of nitrogens with one attached hydrogen (secondary N) is 1. The first kappa shape index (κ1) is 6.93. The Labute approximate surface area is 70.4 Å². The van der Waals surface area contributed by atoms with E-state index < -0.39 is 0 Å². The van der Waals surface area contributed by atoms with Crippen LogP contribution in [0.25, 0.3) is 10.9 Å². The minimum absolute atomic E-state index is 0.476. The summed E-state index contributed by atoms with van der Waals surface area (Å²) in [4.78, 5) is 3.12. The molecule has 0 saturated carbocycles. The molecule has 2 aromatic rings. The molecule has 0 atom stereocenters. The summed E-state index contributed by atoms with van der Waals surface area (Å²) < 4.78 is 0. The zero-order chi connectivity index (χ0) is 8.39. The molecule has 0 radical (unpaired) electrons. The molecule has 1 aromatic carbocycles. The Morgan fingerprint density at radius 2 is 2.17 bits per heavy atom. The van der Waals surface area contributed by atoms with Gasteiger partial charge in [-0.25, -0.2) is 0 Å². The third-order valence-corrected chi connectivity index (χ3v) is 1.94. The van der Waals surface area contributed by atoms with Crippen LogP contribution in [0.3, 0.4) is 0 Å². The largest absolute Gasteiger partial charge is 0.361 e. The van der Waals surface area contributed by atoms with Crippen LogP contribution in [0.5, 0.6) is 0 Å². The zero-order valence-electron chi connectivity index (χ0n) is 6.54. The standard InChI is InChI=1S/C10H8N2/c11-6-5-8-7-12-10-4-2-1-3-9(8)10/h1-4,7,12H,5H2/i6+1. The van der Waals surface area contributed by atoms with Crippen LogP contribution in [-0.4, -0.2) is 4.98 Å². The van der Waals surface area contributed by atoms with Crippen LogP contribution in [0.15, 0.2) is 30.5 Å². The van der Waals surface area contributed by atoms with E-state index >= 15 is 0 Å². The Morgan fingerprint density at radius 1 is 1.33 bits per heavy atom. The van der Waals surface area contributed by atoms with Crippen LogP contribution in [0.2, 0.25) is 0 Å². The van der Waals surface area contributed by atoms with Gasteiger partial charge in [-0.1, -0.05) is 18.2 Å². The van der Waals surface area contributed by atoms with E-state index in [0.717, 1.165) is 16.5 Å². The maximum absolute atomic E-state index is 8.53. The van der Waals surface area contributed by atoms with Gasteiger partial charge in [-0.15, -0.1) is 0 Å². The Kier molecular flexibility index (Phi) is 1.56. The molecule has 2 heteroatoms. The number of hydrogen-bond donors (Lipinski definition) is 1. The van der Waals surface area contributed by atoms with Crippen molar-refractivity contribution in [2.24, 2.45) is 0 Å². The molecule has 1 aromatic heterocycles. The van der Waals surface area contributed by atoms with Crippen molar-refractivity contribution in [2.45, 2.75) is 6.42 Å². The van der Waals surface area contributed by atoms with E-state index in [9.17, 15) is 0 Å². The molecule has 58 valence electrons. The highest BCUT2D eigenvalue weighted by Gasteiger charge is 2.00. The van der Waals surface area contributed by atoms with Crippen molar-refractivity contribution in [1.82, 2.24) is 4.98 Å². The molecular weight excluding hydrogens is 149 g/mol. The van der Waals surface area contributed by atoms with Crippen molar-refractivity contribution in [2.75, 3.05) is 0 Å². The van der Waals surface area contributed by atoms with E-state index in [4.69, 9.17) is 5.26 Å². The van der Waals surface area contributed by atoms with Gasteiger partial charge >= 0.3 is 0 Å².